The topological polar surface area (TPSA) is 21.3 Å². The summed E-state index contributed by atoms with van der Waals surface area (Å²) in [4.78, 5) is 0. The number of rotatable bonds is 5. The van der Waals surface area contributed by atoms with Crippen LogP contribution in [0.1, 0.15) is 45.4 Å². The molecule has 3 saturated carbocycles. The van der Waals surface area contributed by atoms with Crippen molar-refractivity contribution in [1.29, 1.82) is 0 Å². The molecule has 1 heterocycles. The Bertz CT molecular complexity index is 361. The predicted molar refractivity (Wildman–Crippen MR) is 76.7 cm³/mol. The van der Waals surface area contributed by atoms with E-state index in [4.69, 9.17) is 4.74 Å². The number of fused-ring (bicyclic) bond motifs is 5. The lowest BCUT2D eigenvalue weighted by molar-refractivity contribution is 0.215. The monoisotopic (exact) mass is 261 g/mol. The average molecular weight is 261 g/mol. The lowest BCUT2D eigenvalue weighted by Crippen LogP contribution is -2.36. The fourth-order valence-electron chi connectivity index (χ4n) is 5.47. The lowest BCUT2D eigenvalue weighted by Gasteiger charge is -2.26. The zero-order chi connectivity index (χ0) is 12.8. The van der Waals surface area contributed by atoms with Crippen molar-refractivity contribution < 1.29 is 4.74 Å². The maximum Gasteiger partial charge on any atom is 0.0876 e. The summed E-state index contributed by atoms with van der Waals surface area (Å²) >= 11 is 0. The first-order valence-electron chi connectivity index (χ1n) is 8.44. The van der Waals surface area contributed by atoms with Crippen LogP contribution in [0.2, 0.25) is 0 Å². The third kappa shape index (κ3) is 1.94. The van der Waals surface area contributed by atoms with Crippen molar-refractivity contribution >= 4 is 0 Å². The smallest absolute Gasteiger partial charge is 0.0876 e. The Morgan fingerprint density at radius 2 is 2.11 bits per heavy atom. The standard InChI is InChI=1S/C17H27NO/c1-2-7-18-17(13-4-3-8-19-10-13)16-14-11-5-6-12(9-11)15(14)16/h10-12,14-18H,2-9H2,1H3. The van der Waals surface area contributed by atoms with Crippen molar-refractivity contribution in [2.24, 2.45) is 29.6 Å². The Morgan fingerprint density at radius 3 is 2.74 bits per heavy atom. The summed E-state index contributed by atoms with van der Waals surface area (Å²) in [7, 11) is 0. The Morgan fingerprint density at radius 1 is 1.32 bits per heavy atom. The molecule has 0 spiro atoms. The second kappa shape index (κ2) is 4.80. The average Bonchev–Trinajstić information content (AvgIpc) is 2.88. The van der Waals surface area contributed by atoms with Crippen LogP contribution in [0.5, 0.6) is 0 Å². The molecule has 0 aromatic carbocycles. The molecule has 0 saturated heterocycles. The van der Waals surface area contributed by atoms with E-state index in [1.807, 2.05) is 0 Å². The van der Waals surface area contributed by atoms with E-state index < -0.39 is 0 Å². The molecular formula is C17H27NO. The van der Waals surface area contributed by atoms with Crippen molar-refractivity contribution in [3.63, 3.8) is 0 Å². The maximum absolute atomic E-state index is 5.61. The summed E-state index contributed by atoms with van der Waals surface area (Å²) in [5.41, 5.74) is 1.57. The van der Waals surface area contributed by atoms with Gasteiger partial charge in [-0.2, -0.15) is 0 Å². The molecule has 19 heavy (non-hydrogen) atoms. The van der Waals surface area contributed by atoms with E-state index in [1.165, 1.54) is 32.1 Å². The zero-order valence-corrected chi connectivity index (χ0v) is 12.1. The van der Waals surface area contributed by atoms with E-state index in [1.54, 1.807) is 12.0 Å². The molecule has 0 aromatic heterocycles. The van der Waals surface area contributed by atoms with Crippen molar-refractivity contribution in [3.05, 3.63) is 11.8 Å². The quantitative estimate of drug-likeness (QED) is 0.819. The van der Waals surface area contributed by atoms with Crippen LogP contribution in [0.15, 0.2) is 11.8 Å². The third-order valence-electron chi connectivity index (χ3n) is 6.16. The van der Waals surface area contributed by atoms with Gasteiger partial charge in [0.05, 0.1) is 12.9 Å². The summed E-state index contributed by atoms with van der Waals surface area (Å²) in [6.07, 6.45) is 10.4. The van der Waals surface area contributed by atoms with Crippen molar-refractivity contribution in [3.8, 4) is 0 Å². The first kappa shape index (κ1) is 12.3. The highest BCUT2D eigenvalue weighted by Crippen LogP contribution is 2.70. The van der Waals surface area contributed by atoms with E-state index in [0.29, 0.717) is 6.04 Å². The molecule has 1 aliphatic heterocycles. The number of nitrogens with one attached hydrogen (secondary N) is 1. The molecule has 3 aliphatic carbocycles. The molecule has 0 amide bonds. The normalized spacial score (nSPS) is 44.5. The zero-order valence-electron chi connectivity index (χ0n) is 12.1. The van der Waals surface area contributed by atoms with Crippen LogP contribution in [-0.4, -0.2) is 19.2 Å². The highest BCUT2D eigenvalue weighted by Gasteiger charge is 2.66. The number of ether oxygens (including phenoxy) is 1. The summed E-state index contributed by atoms with van der Waals surface area (Å²) in [5.74, 6) is 5.24. The third-order valence-corrected chi connectivity index (χ3v) is 6.16. The molecular weight excluding hydrogens is 234 g/mol. The first-order valence-corrected chi connectivity index (χ1v) is 8.44. The molecule has 5 unspecified atom stereocenters. The van der Waals surface area contributed by atoms with Crippen LogP contribution < -0.4 is 5.32 Å². The van der Waals surface area contributed by atoms with Crippen LogP contribution in [-0.2, 0) is 4.74 Å². The maximum atomic E-state index is 5.61. The molecule has 0 radical (unpaired) electrons. The summed E-state index contributed by atoms with van der Waals surface area (Å²) in [5, 5.41) is 3.85. The molecule has 0 aromatic rings. The summed E-state index contributed by atoms with van der Waals surface area (Å²) < 4.78 is 5.61. The lowest BCUT2D eigenvalue weighted by atomic mass is 9.90. The van der Waals surface area contributed by atoms with Crippen molar-refractivity contribution in [1.82, 2.24) is 5.32 Å². The molecule has 2 nitrogen and oxygen atoms in total. The van der Waals surface area contributed by atoms with Gasteiger partial charge in [0.2, 0.25) is 0 Å². The summed E-state index contributed by atoms with van der Waals surface area (Å²) in [6, 6.07) is 0.638. The van der Waals surface area contributed by atoms with Gasteiger partial charge in [-0.25, -0.2) is 0 Å². The fraction of sp³-hybridized carbons (Fsp3) is 0.882. The van der Waals surface area contributed by atoms with Gasteiger partial charge < -0.3 is 10.1 Å². The molecule has 2 bridgehead atoms. The largest absolute Gasteiger partial charge is 0.501 e. The van der Waals surface area contributed by atoms with Crippen molar-refractivity contribution in [2.75, 3.05) is 13.2 Å². The van der Waals surface area contributed by atoms with Gasteiger partial charge in [0.25, 0.3) is 0 Å². The predicted octanol–water partition coefficient (Wildman–Crippen LogP) is 3.34. The molecule has 5 atom stereocenters. The van der Waals surface area contributed by atoms with E-state index >= 15 is 0 Å². The summed E-state index contributed by atoms with van der Waals surface area (Å²) in [6.45, 7) is 4.35. The van der Waals surface area contributed by atoms with Crippen LogP contribution in [0.4, 0.5) is 0 Å². The van der Waals surface area contributed by atoms with E-state index in [-0.39, 0.29) is 0 Å². The Kier molecular flexibility index (Phi) is 3.10. The first-order chi connectivity index (χ1) is 9.40. The molecule has 3 fully saturated rings. The molecule has 2 heteroatoms. The van der Waals surface area contributed by atoms with E-state index in [2.05, 4.69) is 18.5 Å². The second-order valence-corrected chi connectivity index (χ2v) is 7.16. The number of hydrogen-bond donors (Lipinski definition) is 1. The fourth-order valence-corrected chi connectivity index (χ4v) is 5.47. The highest BCUT2D eigenvalue weighted by atomic mass is 16.5. The molecule has 4 aliphatic rings. The van der Waals surface area contributed by atoms with Gasteiger partial charge in [0, 0.05) is 6.04 Å². The van der Waals surface area contributed by atoms with Crippen LogP contribution in [0, 0.1) is 29.6 Å². The van der Waals surface area contributed by atoms with Gasteiger partial charge in [0.15, 0.2) is 0 Å². The molecule has 4 rings (SSSR count). The van der Waals surface area contributed by atoms with Gasteiger partial charge in [-0.05, 0) is 80.2 Å². The molecule has 106 valence electrons. The Labute approximate surface area is 117 Å². The van der Waals surface area contributed by atoms with E-state index in [9.17, 15) is 0 Å². The van der Waals surface area contributed by atoms with Crippen LogP contribution >= 0.6 is 0 Å². The van der Waals surface area contributed by atoms with Gasteiger partial charge in [0.1, 0.15) is 0 Å². The highest BCUT2D eigenvalue weighted by molar-refractivity contribution is 5.24. The minimum absolute atomic E-state index is 0.638. The SMILES string of the molecule is CCCNC(C1=COCCC1)C1C2C3CCC(C3)C21. The van der Waals surface area contributed by atoms with Gasteiger partial charge >= 0.3 is 0 Å². The van der Waals surface area contributed by atoms with Crippen molar-refractivity contribution in [2.45, 2.75) is 51.5 Å². The van der Waals surface area contributed by atoms with Crippen LogP contribution in [0.25, 0.3) is 0 Å². The molecule has 1 N–H and O–H groups in total. The minimum Gasteiger partial charge on any atom is -0.501 e. The second-order valence-electron chi connectivity index (χ2n) is 7.16. The Hall–Kier alpha value is -0.500. The van der Waals surface area contributed by atoms with Gasteiger partial charge in [-0.15, -0.1) is 0 Å². The van der Waals surface area contributed by atoms with E-state index in [0.717, 1.165) is 42.7 Å². The Balaban J connectivity index is 1.50. The van der Waals surface area contributed by atoms with Gasteiger partial charge in [-0.3, -0.25) is 0 Å². The van der Waals surface area contributed by atoms with Crippen LogP contribution in [0.3, 0.4) is 0 Å². The number of hydrogen-bond acceptors (Lipinski definition) is 2. The minimum atomic E-state index is 0.638. The van der Waals surface area contributed by atoms with Gasteiger partial charge in [-0.1, -0.05) is 6.92 Å².